The average molecular weight is 491 g/mol. The summed E-state index contributed by atoms with van der Waals surface area (Å²) in [4.78, 5) is 9.42. The minimum atomic E-state index is 0. The van der Waals surface area contributed by atoms with Crippen LogP contribution in [0.4, 0.5) is 5.69 Å². The molecular weight excluding hydrogens is 461 g/mol. The van der Waals surface area contributed by atoms with Gasteiger partial charge in [-0.15, -0.1) is 24.0 Å². The van der Waals surface area contributed by atoms with E-state index in [1.54, 1.807) is 28.4 Å². The molecule has 3 aliphatic heterocycles. The first-order valence-electron chi connectivity index (χ1n) is 8.92. The molecule has 3 saturated heterocycles. The lowest BCUT2D eigenvalue weighted by molar-refractivity contribution is 0.0155. The molecule has 4 rings (SSSR count). The first kappa shape index (κ1) is 21.8. The molecular formula is C18H30IN5O3. The normalized spacial score (nSPS) is 24.0. The Labute approximate surface area is 178 Å². The summed E-state index contributed by atoms with van der Waals surface area (Å²) in [7, 11) is 6.58. The Morgan fingerprint density at radius 1 is 1.07 bits per heavy atom. The number of ether oxygens (including phenoxy) is 3. The maximum Gasteiger partial charge on any atom is 0.203 e. The molecule has 3 heterocycles. The first-order valence-corrected chi connectivity index (χ1v) is 8.92. The predicted octanol–water partition coefficient (Wildman–Crippen LogP) is 1.32. The van der Waals surface area contributed by atoms with Crippen LogP contribution in [0.25, 0.3) is 0 Å². The molecule has 0 radical (unpaired) electrons. The second kappa shape index (κ2) is 10.2. The van der Waals surface area contributed by atoms with Crippen LogP contribution in [0, 0.1) is 0 Å². The molecule has 1 atom stereocenters. The van der Waals surface area contributed by atoms with Gasteiger partial charge in [0.2, 0.25) is 5.75 Å². The highest BCUT2D eigenvalue weighted by Crippen LogP contribution is 2.39. The van der Waals surface area contributed by atoms with Gasteiger partial charge >= 0.3 is 0 Å². The molecule has 152 valence electrons. The van der Waals surface area contributed by atoms with Crippen LogP contribution in [0.2, 0.25) is 0 Å². The zero-order chi connectivity index (χ0) is 18.5. The van der Waals surface area contributed by atoms with Crippen LogP contribution in [-0.2, 0) is 0 Å². The van der Waals surface area contributed by atoms with Crippen molar-refractivity contribution in [3.05, 3.63) is 12.1 Å². The molecule has 9 heteroatoms. The number of hydrogen-bond donors (Lipinski definition) is 2. The Balaban J connectivity index is 0.00000261. The van der Waals surface area contributed by atoms with E-state index >= 15 is 0 Å². The van der Waals surface area contributed by atoms with Crippen LogP contribution in [0.1, 0.15) is 0 Å². The smallest absolute Gasteiger partial charge is 0.203 e. The molecule has 8 nitrogen and oxygen atoms in total. The minimum absolute atomic E-state index is 0. The first-order chi connectivity index (χ1) is 12.7. The Hall–Kier alpha value is -1.46. The number of anilines is 1. The van der Waals surface area contributed by atoms with Gasteiger partial charge in [0.15, 0.2) is 17.5 Å². The van der Waals surface area contributed by atoms with E-state index in [0.29, 0.717) is 23.3 Å². The summed E-state index contributed by atoms with van der Waals surface area (Å²) in [5.41, 5.74) is 0.821. The highest BCUT2D eigenvalue weighted by atomic mass is 127. The van der Waals surface area contributed by atoms with Gasteiger partial charge in [0.1, 0.15) is 0 Å². The van der Waals surface area contributed by atoms with Gasteiger partial charge in [-0.3, -0.25) is 14.8 Å². The summed E-state index contributed by atoms with van der Waals surface area (Å²) in [5.74, 6) is 2.50. The summed E-state index contributed by atoms with van der Waals surface area (Å²) < 4.78 is 16.2. The molecule has 0 spiro atoms. The van der Waals surface area contributed by atoms with Crippen molar-refractivity contribution >= 4 is 35.6 Å². The van der Waals surface area contributed by atoms with Crippen molar-refractivity contribution in [2.45, 2.75) is 6.04 Å². The molecule has 2 N–H and O–H groups in total. The van der Waals surface area contributed by atoms with E-state index in [0.717, 1.165) is 37.8 Å². The molecule has 1 aromatic rings. The number of nitrogens with one attached hydrogen (secondary N) is 2. The standard InChI is InChI=1S/C18H29N5O3.HI/c1-19-18(20-11-14-12-22-5-7-23(14)8-6-22)21-13-9-15(24-2)17(26-4)16(10-13)25-3;/h9-10,14H,5-8,11-12H2,1-4H3,(H2,19,20,21);1H. The number of guanidine groups is 1. The van der Waals surface area contributed by atoms with E-state index in [4.69, 9.17) is 14.2 Å². The zero-order valence-electron chi connectivity index (χ0n) is 16.4. The number of aliphatic imine (C=N–C) groups is 1. The van der Waals surface area contributed by atoms with Crippen LogP contribution in [0.5, 0.6) is 17.2 Å². The van der Waals surface area contributed by atoms with Gasteiger partial charge in [0.05, 0.1) is 21.3 Å². The van der Waals surface area contributed by atoms with Crippen molar-refractivity contribution in [2.24, 2.45) is 4.99 Å². The van der Waals surface area contributed by atoms with Crippen molar-refractivity contribution in [1.29, 1.82) is 0 Å². The van der Waals surface area contributed by atoms with Crippen molar-refractivity contribution in [1.82, 2.24) is 15.1 Å². The number of hydrogen-bond acceptors (Lipinski definition) is 6. The number of nitrogens with zero attached hydrogens (tertiary/aromatic N) is 3. The van der Waals surface area contributed by atoms with E-state index in [2.05, 4.69) is 25.4 Å². The third kappa shape index (κ3) is 5.08. The predicted molar refractivity (Wildman–Crippen MR) is 118 cm³/mol. The second-order valence-electron chi connectivity index (χ2n) is 6.48. The highest BCUT2D eigenvalue weighted by Gasteiger charge is 2.31. The van der Waals surface area contributed by atoms with Crippen LogP contribution >= 0.6 is 24.0 Å². The molecule has 2 bridgehead atoms. The number of halogens is 1. The Morgan fingerprint density at radius 3 is 2.15 bits per heavy atom. The van der Waals surface area contributed by atoms with Crippen molar-refractivity contribution in [3.63, 3.8) is 0 Å². The number of methoxy groups -OCH3 is 3. The van der Waals surface area contributed by atoms with E-state index in [1.807, 2.05) is 12.1 Å². The zero-order valence-corrected chi connectivity index (χ0v) is 18.8. The Bertz CT molecular complexity index is 625. The molecule has 0 saturated carbocycles. The van der Waals surface area contributed by atoms with Gasteiger partial charge in [0.25, 0.3) is 0 Å². The number of fused-ring (bicyclic) bond motifs is 3. The van der Waals surface area contributed by atoms with Gasteiger partial charge in [-0.1, -0.05) is 0 Å². The summed E-state index contributed by atoms with van der Waals surface area (Å²) in [6.07, 6.45) is 0. The van der Waals surface area contributed by atoms with Crippen molar-refractivity contribution in [3.8, 4) is 17.2 Å². The highest BCUT2D eigenvalue weighted by molar-refractivity contribution is 14.0. The molecule has 3 aliphatic rings. The SMILES string of the molecule is CN=C(NCC1CN2CCN1CC2)Nc1cc(OC)c(OC)c(OC)c1.I. The van der Waals surface area contributed by atoms with Gasteiger partial charge in [0, 0.05) is 70.2 Å². The topological polar surface area (TPSA) is 70.6 Å². The molecule has 1 unspecified atom stereocenters. The fraction of sp³-hybridized carbons (Fsp3) is 0.611. The maximum atomic E-state index is 5.41. The lowest BCUT2D eigenvalue weighted by Crippen LogP contribution is -2.63. The van der Waals surface area contributed by atoms with Crippen LogP contribution < -0.4 is 24.8 Å². The van der Waals surface area contributed by atoms with E-state index in [1.165, 1.54) is 13.1 Å². The third-order valence-corrected chi connectivity index (χ3v) is 5.05. The van der Waals surface area contributed by atoms with E-state index in [9.17, 15) is 0 Å². The monoisotopic (exact) mass is 491 g/mol. The molecule has 0 aromatic heterocycles. The minimum Gasteiger partial charge on any atom is -0.493 e. The van der Waals surface area contributed by atoms with Gasteiger partial charge < -0.3 is 24.8 Å². The Kier molecular flexibility index (Phi) is 8.24. The van der Waals surface area contributed by atoms with E-state index in [-0.39, 0.29) is 24.0 Å². The summed E-state index contributed by atoms with van der Waals surface area (Å²) >= 11 is 0. The number of rotatable bonds is 6. The van der Waals surface area contributed by atoms with Gasteiger partial charge in [-0.25, -0.2) is 0 Å². The quantitative estimate of drug-likeness (QED) is 0.354. The van der Waals surface area contributed by atoms with Gasteiger partial charge in [-0.05, 0) is 0 Å². The fourth-order valence-corrected chi connectivity index (χ4v) is 3.60. The summed E-state index contributed by atoms with van der Waals surface area (Å²) in [6.45, 7) is 6.68. The third-order valence-electron chi connectivity index (χ3n) is 5.05. The number of benzene rings is 1. The molecule has 0 aliphatic carbocycles. The van der Waals surface area contributed by atoms with Crippen LogP contribution in [-0.4, -0.2) is 89.4 Å². The van der Waals surface area contributed by atoms with Crippen LogP contribution in [0.15, 0.2) is 17.1 Å². The van der Waals surface area contributed by atoms with Gasteiger partial charge in [-0.2, -0.15) is 0 Å². The van der Waals surface area contributed by atoms with Crippen molar-refractivity contribution in [2.75, 3.05) is 73.0 Å². The summed E-state index contributed by atoms with van der Waals surface area (Å²) in [5, 5.41) is 6.74. The lowest BCUT2D eigenvalue weighted by atomic mass is 10.1. The second-order valence-corrected chi connectivity index (χ2v) is 6.48. The van der Waals surface area contributed by atoms with E-state index < -0.39 is 0 Å². The largest absolute Gasteiger partial charge is 0.493 e. The maximum absolute atomic E-state index is 5.41. The molecule has 0 amide bonds. The number of piperazine rings is 3. The molecule has 27 heavy (non-hydrogen) atoms. The molecule has 1 aromatic carbocycles. The summed E-state index contributed by atoms with van der Waals surface area (Å²) in [6, 6.07) is 4.26. The Morgan fingerprint density at radius 2 is 1.70 bits per heavy atom. The average Bonchev–Trinajstić information content (AvgIpc) is 2.71. The fourth-order valence-electron chi connectivity index (χ4n) is 3.60. The lowest BCUT2D eigenvalue weighted by Gasteiger charge is -2.47. The molecule has 3 fully saturated rings. The van der Waals surface area contributed by atoms with Crippen LogP contribution in [0.3, 0.4) is 0 Å². The van der Waals surface area contributed by atoms with Crippen molar-refractivity contribution < 1.29 is 14.2 Å².